The van der Waals surface area contributed by atoms with Crippen molar-refractivity contribution in [3.8, 4) is 10.6 Å². The Kier molecular flexibility index (Phi) is 3.87. The molecule has 1 N–H and O–H groups in total. The predicted molar refractivity (Wildman–Crippen MR) is 81.3 cm³/mol. The molecule has 1 fully saturated rings. The van der Waals surface area contributed by atoms with Crippen LogP contribution in [-0.4, -0.2) is 40.1 Å². The van der Waals surface area contributed by atoms with E-state index in [2.05, 4.69) is 4.98 Å². The number of thiophene rings is 1. The molecular formula is C14H16N2O2S2. The van der Waals surface area contributed by atoms with Crippen molar-refractivity contribution in [2.45, 2.75) is 25.8 Å². The Hall–Kier alpha value is -1.24. The molecule has 0 radical (unpaired) electrons. The van der Waals surface area contributed by atoms with E-state index in [4.69, 9.17) is 0 Å². The van der Waals surface area contributed by atoms with Gasteiger partial charge in [0.25, 0.3) is 5.91 Å². The Morgan fingerprint density at radius 1 is 1.60 bits per heavy atom. The molecule has 2 aromatic heterocycles. The van der Waals surface area contributed by atoms with Gasteiger partial charge < -0.3 is 10.0 Å². The number of rotatable bonds is 3. The zero-order valence-corrected chi connectivity index (χ0v) is 12.8. The van der Waals surface area contributed by atoms with Crippen molar-refractivity contribution in [2.24, 2.45) is 0 Å². The molecule has 0 aromatic carbocycles. The average Bonchev–Trinajstić information content (AvgIpc) is 3.17. The van der Waals surface area contributed by atoms with Crippen LogP contribution >= 0.6 is 22.7 Å². The van der Waals surface area contributed by atoms with Gasteiger partial charge >= 0.3 is 0 Å². The Labute approximate surface area is 125 Å². The number of nitrogens with zero attached hydrogens (tertiary/aromatic N) is 2. The first-order valence-electron chi connectivity index (χ1n) is 6.62. The van der Waals surface area contributed by atoms with Gasteiger partial charge in [-0.1, -0.05) is 0 Å². The highest BCUT2D eigenvalue weighted by Gasteiger charge is 2.31. The Morgan fingerprint density at radius 2 is 2.45 bits per heavy atom. The van der Waals surface area contributed by atoms with Crippen molar-refractivity contribution in [3.05, 3.63) is 27.4 Å². The molecule has 1 unspecified atom stereocenters. The summed E-state index contributed by atoms with van der Waals surface area (Å²) in [4.78, 5) is 19.6. The summed E-state index contributed by atoms with van der Waals surface area (Å²) >= 11 is 3.07. The number of aliphatic hydroxyl groups excluding tert-OH is 1. The number of carbonyl (C=O) groups excluding carboxylic acids is 1. The van der Waals surface area contributed by atoms with E-state index in [1.54, 1.807) is 16.2 Å². The zero-order valence-electron chi connectivity index (χ0n) is 11.2. The van der Waals surface area contributed by atoms with Crippen LogP contribution in [-0.2, 0) is 0 Å². The fourth-order valence-corrected chi connectivity index (χ4v) is 4.26. The van der Waals surface area contributed by atoms with E-state index in [1.165, 1.54) is 11.3 Å². The molecule has 2 aromatic rings. The minimum Gasteiger partial charge on any atom is -0.394 e. The number of aliphatic hydroxyl groups is 1. The second kappa shape index (κ2) is 5.63. The smallest absolute Gasteiger partial charge is 0.266 e. The molecule has 1 amide bonds. The quantitative estimate of drug-likeness (QED) is 0.948. The van der Waals surface area contributed by atoms with Gasteiger partial charge in [0.1, 0.15) is 9.88 Å². The molecule has 0 saturated carbocycles. The highest BCUT2D eigenvalue weighted by atomic mass is 32.1. The molecule has 4 nitrogen and oxygen atoms in total. The molecule has 1 atom stereocenters. The number of hydrogen-bond donors (Lipinski definition) is 1. The average molecular weight is 308 g/mol. The van der Waals surface area contributed by atoms with Gasteiger partial charge in [-0.05, 0) is 31.2 Å². The topological polar surface area (TPSA) is 53.4 Å². The minimum absolute atomic E-state index is 0.0121. The van der Waals surface area contributed by atoms with Gasteiger partial charge in [0.05, 0.1) is 18.3 Å². The van der Waals surface area contributed by atoms with Crippen LogP contribution in [0.5, 0.6) is 0 Å². The molecule has 1 aliphatic heterocycles. The summed E-state index contributed by atoms with van der Waals surface area (Å²) in [5, 5.41) is 14.3. The summed E-state index contributed by atoms with van der Waals surface area (Å²) in [6, 6.07) is 1.98. The predicted octanol–water partition coefficient (Wildman–Crippen LogP) is 2.78. The van der Waals surface area contributed by atoms with Crippen molar-refractivity contribution in [1.82, 2.24) is 9.88 Å². The molecule has 20 heavy (non-hydrogen) atoms. The molecular weight excluding hydrogens is 292 g/mol. The maximum Gasteiger partial charge on any atom is 0.266 e. The van der Waals surface area contributed by atoms with E-state index in [0.717, 1.165) is 35.7 Å². The molecule has 6 heteroatoms. The maximum absolute atomic E-state index is 12.6. The lowest BCUT2D eigenvalue weighted by Gasteiger charge is -2.22. The van der Waals surface area contributed by atoms with Crippen molar-refractivity contribution in [1.29, 1.82) is 0 Å². The third kappa shape index (κ3) is 2.39. The molecule has 106 valence electrons. The van der Waals surface area contributed by atoms with E-state index in [-0.39, 0.29) is 18.6 Å². The van der Waals surface area contributed by atoms with Crippen LogP contribution in [0.4, 0.5) is 0 Å². The fraction of sp³-hybridized carbons (Fsp3) is 0.429. The van der Waals surface area contributed by atoms with Crippen LogP contribution in [0.3, 0.4) is 0 Å². The second-order valence-electron chi connectivity index (χ2n) is 4.92. The Morgan fingerprint density at radius 3 is 3.15 bits per heavy atom. The van der Waals surface area contributed by atoms with Gasteiger partial charge in [-0.2, -0.15) is 11.3 Å². The number of aryl methyl sites for hydroxylation is 1. The van der Waals surface area contributed by atoms with Crippen LogP contribution in [0.1, 0.15) is 28.2 Å². The Bertz CT molecular complexity index is 607. The standard InChI is InChI=1S/C14H16N2O2S2/c1-9-12(14(18)16-5-2-3-11(16)7-17)20-13(15-9)10-4-6-19-8-10/h4,6,8,11,17H,2-3,5,7H2,1H3. The summed E-state index contributed by atoms with van der Waals surface area (Å²) in [5.41, 5.74) is 1.85. The molecule has 0 bridgehead atoms. The highest BCUT2D eigenvalue weighted by molar-refractivity contribution is 7.17. The first-order valence-corrected chi connectivity index (χ1v) is 8.38. The number of hydrogen-bond acceptors (Lipinski definition) is 5. The van der Waals surface area contributed by atoms with Crippen molar-refractivity contribution < 1.29 is 9.90 Å². The van der Waals surface area contributed by atoms with Gasteiger partial charge in [-0.15, -0.1) is 11.3 Å². The van der Waals surface area contributed by atoms with Crippen LogP contribution in [0.25, 0.3) is 10.6 Å². The summed E-state index contributed by atoms with van der Waals surface area (Å²) in [5.74, 6) is 0.0121. The minimum atomic E-state index is -0.0337. The summed E-state index contributed by atoms with van der Waals surface area (Å²) < 4.78 is 0. The Balaban J connectivity index is 1.89. The zero-order chi connectivity index (χ0) is 14.1. The SMILES string of the molecule is Cc1nc(-c2ccsc2)sc1C(=O)N1CCCC1CO. The maximum atomic E-state index is 12.6. The van der Waals surface area contributed by atoms with Gasteiger partial charge in [0.15, 0.2) is 0 Å². The number of amides is 1. The van der Waals surface area contributed by atoms with E-state index in [1.807, 2.05) is 23.8 Å². The molecule has 0 spiro atoms. The summed E-state index contributed by atoms with van der Waals surface area (Å²) in [7, 11) is 0. The molecule has 0 aliphatic carbocycles. The lowest BCUT2D eigenvalue weighted by Crippen LogP contribution is -2.37. The van der Waals surface area contributed by atoms with E-state index < -0.39 is 0 Å². The van der Waals surface area contributed by atoms with Crippen molar-refractivity contribution in [3.63, 3.8) is 0 Å². The first-order chi connectivity index (χ1) is 9.70. The van der Waals surface area contributed by atoms with Gasteiger partial charge in [-0.3, -0.25) is 4.79 Å². The van der Waals surface area contributed by atoms with Gasteiger partial charge in [-0.25, -0.2) is 4.98 Å². The lowest BCUT2D eigenvalue weighted by atomic mass is 10.2. The fourth-order valence-electron chi connectivity index (χ4n) is 2.53. The van der Waals surface area contributed by atoms with Crippen LogP contribution in [0.2, 0.25) is 0 Å². The second-order valence-corrected chi connectivity index (χ2v) is 6.70. The summed E-state index contributed by atoms with van der Waals surface area (Å²) in [6.07, 6.45) is 1.85. The molecule has 3 heterocycles. The van der Waals surface area contributed by atoms with Gasteiger partial charge in [0.2, 0.25) is 0 Å². The number of thiazole rings is 1. The number of carbonyl (C=O) groups is 1. The third-order valence-electron chi connectivity index (χ3n) is 3.61. The largest absolute Gasteiger partial charge is 0.394 e. The van der Waals surface area contributed by atoms with Crippen molar-refractivity contribution >= 4 is 28.6 Å². The monoisotopic (exact) mass is 308 g/mol. The van der Waals surface area contributed by atoms with Crippen LogP contribution < -0.4 is 0 Å². The van der Waals surface area contributed by atoms with Gasteiger partial charge in [0, 0.05) is 17.5 Å². The van der Waals surface area contributed by atoms with E-state index in [9.17, 15) is 9.90 Å². The van der Waals surface area contributed by atoms with E-state index in [0.29, 0.717) is 4.88 Å². The first kappa shape index (κ1) is 13.7. The molecule has 3 rings (SSSR count). The van der Waals surface area contributed by atoms with E-state index >= 15 is 0 Å². The van der Waals surface area contributed by atoms with Crippen molar-refractivity contribution in [2.75, 3.05) is 13.2 Å². The number of likely N-dealkylation sites (tertiary alicyclic amines) is 1. The van der Waals surface area contributed by atoms with Crippen LogP contribution in [0, 0.1) is 6.92 Å². The third-order valence-corrected chi connectivity index (χ3v) is 5.49. The lowest BCUT2D eigenvalue weighted by molar-refractivity contribution is 0.0681. The molecule has 1 aliphatic rings. The number of aromatic nitrogens is 1. The highest BCUT2D eigenvalue weighted by Crippen LogP contribution is 2.31. The molecule has 1 saturated heterocycles. The normalized spacial score (nSPS) is 18.7. The van der Waals surface area contributed by atoms with Crippen LogP contribution in [0.15, 0.2) is 16.8 Å². The summed E-state index contributed by atoms with van der Waals surface area (Å²) in [6.45, 7) is 2.65.